The molecule has 1 atom stereocenters. The van der Waals surface area contributed by atoms with E-state index in [2.05, 4.69) is 10.3 Å². The Morgan fingerprint density at radius 3 is 2.88 bits per heavy atom. The molecule has 0 aromatic carbocycles. The van der Waals surface area contributed by atoms with E-state index in [0.717, 1.165) is 6.54 Å². The van der Waals surface area contributed by atoms with Gasteiger partial charge in [-0.25, -0.2) is 4.98 Å². The Balaban J connectivity index is 2.58. The molecule has 1 rings (SSSR count). The molecule has 1 aromatic rings. The summed E-state index contributed by atoms with van der Waals surface area (Å²) in [5, 5.41) is 3.66. The van der Waals surface area contributed by atoms with Gasteiger partial charge in [0.1, 0.15) is 15.4 Å². The van der Waals surface area contributed by atoms with E-state index in [-0.39, 0.29) is 0 Å². The van der Waals surface area contributed by atoms with E-state index in [1.54, 1.807) is 0 Å². The van der Waals surface area contributed by atoms with Gasteiger partial charge in [0.05, 0.1) is 6.20 Å². The molecule has 1 amide bonds. The number of amides is 1. The molecule has 1 heterocycles. The minimum Gasteiger partial charge on any atom is -0.368 e. The van der Waals surface area contributed by atoms with Gasteiger partial charge in [0.2, 0.25) is 5.91 Å². The van der Waals surface area contributed by atoms with E-state index in [1.807, 2.05) is 19.0 Å². The summed E-state index contributed by atoms with van der Waals surface area (Å²) in [6.07, 6.45) is 1.52. The number of thiazole rings is 1. The van der Waals surface area contributed by atoms with E-state index >= 15 is 0 Å². The third kappa shape index (κ3) is 4.05. The number of aromatic nitrogens is 1. The molecule has 90 valence electrons. The number of nitrogens with two attached hydrogens (primary N) is 1. The Morgan fingerprint density at radius 2 is 2.44 bits per heavy atom. The van der Waals surface area contributed by atoms with Crippen molar-refractivity contribution < 1.29 is 4.79 Å². The normalized spacial score (nSPS) is 13.0. The quantitative estimate of drug-likeness (QED) is 0.782. The molecule has 16 heavy (non-hydrogen) atoms. The Bertz CT molecular complexity index is 355. The van der Waals surface area contributed by atoms with Gasteiger partial charge >= 0.3 is 0 Å². The van der Waals surface area contributed by atoms with E-state index in [1.165, 1.54) is 17.5 Å². The molecule has 0 radical (unpaired) electrons. The number of rotatable bonds is 6. The fraction of sp³-hybridized carbons (Fsp3) is 0.556. The minimum absolute atomic E-state index is 0.440. The zero-order valence-corrected chi connectivity index (χ0v) is 10.8. The Hall–Kier alpha value is -0.690. The summed E-state index contributed by atoms with van der Waals surface area (Å²) in [5.41, 5.74) is 5.30. The largest absolute Gasteiger partial charge is 0.368 e. The molecule has 7 heteroatoms. The van der Waals surface area contributed by atoms with Crippen LogP contribution in [0.25, 0.3) is 0 Å². The molecule has 0 saturated carbocycles. The van der Waals surface area contributed by atoms with Crippen LogP contribution in [0.3, 0.4) is 0 Å². The first-order valence-corrected chi connectivity index (χ1v) is 5.99. The molecule has 0 bridgehead atoms. The average Bonchev–Trinajstić information content (AvgIpc) is 2.58. The Kier molecular flexibility index (Phi) is 5.14. The van der Waals surface area contributed by atoms with Crippen LogP contribution in [0.4, 0.5) is 0 Å². The van der Waals surface area contributed by atoms with Gasteiger partial charge in [-0.15, -0.1) is 11.3 Å². The molecule has 0 fully saturated rings. The van der Waals surface area contributed by atoms with Crippen molar-refractivity contribution in [2.24, 2.45) is 5.73 Å². The van der Waals surface area contributed by atoms with Gasteiger partial charge in [-0.1, -0.05) is 11.6 Å². The van der Waals surface area contributed by atoms with Crippen molar-refractivity contribution in [1.82, 2.24) is 15.2 Å². The van der Waals surface area contributed by atoms with E-state index in [0.29, 0.717) is 15.9 Å². The lowest BCUT2D eigenvalue weighted by Gasteiger charge is -2.15. The molecule has 0 aliphatic rings. The molecule has 0 spiro atoms. The van der Waals surface area contributed by atoms with E-state index in [4.69, 9.17) is 17.3 Å². The number of halogens is 1. The molecule has 0 aliphatic carbocycles. The fourth-order valence-electron chi connectivity index (χ4n) is 1.14. The first kappa shape index (κ1) is 13.4. The van der Waals surface area contributed by atoms with Crippen molar-refractivity contribution in [1.29, 1.82) is 0 Å². The molecule has 1 aromatic heterocycles. The zero-order valence-electron chi connectivity index (χ0n) is 9.24. The number of carbonyl (C=O) groups is 1. The van der Waals surface area contributed by atoms with Crippen molar-refractivity contribution in [3.8, 4) is 0 Å². The van der Waals surface area contributed by atoms with Crippen molar-refractivity contribution in [2.45, 2.75) is 6.04 Å². The predicted molar refractivity (Wildman–Crippen MR) is 65.6 cm³/mol. The van der Waals surface area contributed by atoms with Gasteiger partial charge < -0.3 is 10.6 Å². The first-order chi connectivity index (χ1) is 7.50. The molecular weight excluding hydrogens is 248 g/mol. The lowest BCUT2D eigenvalue weighted by molar-refractivity contribution is -0.120. The number of hydrogen-bond acceptors (Lipinski definition) is 5. The van der Waals surface area contributed by atoms with Crippen LogP contribution >= 0.6 is 22.9 Å². The highest BCUT2D eigenvalue weighted by Gasteiger charge is 2.20. The van der Waals surface area contributed by atoms with Crippen LogP contribution < -0.4 is 11.1 Å². The van der Waals surface area contributed by atoms with Crippen LogP contribution in [0.5, 0.6) is 0 Å². The van der Waals surface area contributed by atoms with Crippen molar-refractivity contribution in [3.05, 3.63) is 15.5 Å². The van der Waals surface area contributed by atoms with Gasteiger partial charge in [-0.05, 0) is 14.1 Å². The summed E-state index contributed by atoms with van der Waals surface area (Å²) in [4.78, 5) is 17.3. The summed E-state index contributed by atoms with van der Waals surface area (Å²) in [7, 11) is 3.92. The second kappa shape index (κ2) is 6.15. The number of carbonyl (C=O) groups excluding carboxylic acids is 1. The van der Waals surface area contributed by atoms with Gasteiger partial charge in [0.15, 0.2) is 0 Å². The van der Waals surface area contributed by atoms with Crippen LogP contribution in [-0.4, -0.2) is 43.0 Å². The maximum absolute atomic E-state index is 11.3. The third-order valence-electron chi connectivity index (χ3n) is 1.93. The maximum atomic E-state index is 11.3. The molecular formula is C9H15ClN4OS. The average molecular weight is 263 g/mol. The molecule has 0 aliphatic heterocycles. The van der Waals surface area contributed by atoms with E-state index < -0.39 is 11.9 Å². The number of nitrogens with one attached hydrogen (secondary N) is 1. The second-order valence-corrected chi connectivity index (χ2v) is 5.29. The Morgan fingerprint density at radius 1 is 1.75 bits per heavy atom. The second-order valence-electron chi connectivity index (χ2n) is 3.60. The van der Waals surface area contributed by atoms with E-state index in [9.17, 15) is 4.79 Å². The number of hydrogen-bond donors (Lipinski definition) is 2. The monoisotopic (exact) mass is 262 g/mol. The van der Waals surface area contributed by atoms with Gasteiger partial charge in [-0.3, -0.25) is 10.1 Å². The minimum atomic E-state index is -0.558. The van der Waals surface area contributed by atoms with Crippen LogP contribution in [0.15, 0.2) is 6.20 Å². The smallest absolute Gasteiger partial charge is 0.241 e. The highest BCUT2D eigenvalue weighted by atomic mass is 35.5. The lowest BCUT2D eigenvalue weighted by Crippen LogP contribution is -2.37. The summed E-state index contributed by atoms with van der Waals surface area (Å²) < 4.78 is 0.552. The summed E-state index contributed by atoms with van der Waals surface area (Å²) in [5.74, 6) is -0.440. The van der Waals surface area contributed by atoms with Crippen LogP contribution in [0.2, 0.25) is 4.34 Å². The SMILES string of the molecule is CN(C)CCNC(C(N)=O)c1ncc(Cl)s1. The summed E-state index contributed by atoms with van der Waals surface area (Å²) in [6.45, 7) is 1.49. The number of nitrogens with zero attached hydrogens (tertiary/aromatic N) is 2. The number of likely N-dealkylation sites (N-methyl/N-ethyl adjacent to an activating group) is 1. The van der Waals surface area contributed by atoms with Crippen LogP contribution in [0.1, 0.15) is 11.0 Å². The molecule has 3 N–H and O–H groups in total. The standard InChI is InChI=1S/C9H15ClN4OS/c1-14(2)4-3-12-7(8(11)15)9-13-5-6(10)16-9/h5,7,12H,3-4H2,1-2H3,(H2,11,15). The zero-order chi connectivity index (χ0) is 12.1. The molecule has 0 saturated heterocycles. The predicted octanol–water partition coefficient (Wildman–Crippen LogP) is 0.474. The lowest BCUT2D eigenvalue weighted by atomic mass is 10.3. The summed E-state index contributed by atoms with van der Waals surface area (Å²) >= 11 is 7.02. The van der Waals surface area contributed by atoms with Crippen molar-refractivity contribution in [2.75, 3.05) is 27.2 Å². The summed E-state index contributed by atoms with van der Waals surface area (Å²) in [6, 6.07) is -0.558. The maximum Gasteiger partial charge on any atom is 0.241 e. The van der Waals surface area contributed by atoms with Crippen LogP contribution in [-0.2, 0) is 4.79 Å². The highest BCUT2D eigenvalue weighted by Crippen LogP contribution is 2.23. The first-order valence-electron chi connectivity index (χ1n) is 4.79. The highest BCUT2D eigenvalue weighted by molar-refractivity contribution is 7.16. The molecule has 5 nitrogen and oxygen atoms in total. The van der Waals surface area contributed by atoms with Gasteiger partial charge in [-0.2, -0.15) is 0 Å². The molecule has 1 unspecified atom stereocenters. The fourth-order valence-corrected chi connectivity index (χ4v) is 2.16. The third-order valence-corrected chi connectivity index (χ3v) is 3.11. The van der Waals surface area contributed by atoms with Gasteiger partial charge in [0, 0.05) is 13.1 Å². The van der Waals surface area contributed by atoms with Crippen molar-refractivity contribution in [3.63, 3.8) is 0 Å². The van der Waals surface area contributed by atoms with Crippen molar-refractivity contribution >= 4 is 28.8 Å². The van der Waals surface area contributed by atoms with Gasteiger partial charge in [0.25, 0.3) is 0 Å². The number of primary amides is 1. The van der Waals surface area contributed by atoms with Crippen LogP contribution in [0, 0.1) is 0 Å². The topological polar surface area (TPSA) is 71.2 Å². The Labute approximate surface area is 104 Å².